The molecule has 1 aliphatic rings. The number of likely N-dealkylation sites (N-methyl/N-ethyl adjacent to an activating group) is 1. The van der Waals surface area contributed by atoms with Gasteiger partial charge in [-0.2, -0.15) is 5.10 Å². The van der Waals surface area contributed by atoms with E-state index in [0.717, 1.165) is 30.2 Å². The number of fused-ring (bicyclic) bond motifs is 1. The van der Waals surface area contributed by atoms with Gasteiger partial charge in [-0.25, -0.2) is 4.98 Å². The van der Waals surface area contributed by atoms with E-state index in [1.54, 1.807) is 12.7 Å². The lowest BCUT2D eigenvalue weighted by Gasteiger charge is -2.22. The van der Waals surface area contributed by atoms with Gasteiger partial charge in [-0.15, -0.1) is 0 Å². The topological polar surface area (TPSA) is 61.2 Å². The second-order valence-electron chi connectivity index (χ2n) is 4.63. The lowest BCUT2D eigenvalue weighted by Crippen LogP contribution is -2.26. The van der Waals surface area contributed by atoms with Crippen molar-refractivity contribution in [3.05, 3.63) is 36.4 Å². The number of aromatic nitrogens is 3. The maximum atomic E-state index is 5.64. The smallest absolute Gasteiger partial charge is 0.161 e. The molecule has 1 N–H and O–H groups in total. The van der Waals surface area contributed by atoms with Gasteiger partial charge in [-0.3, -0.25) is 4.68 Å². The third-order valence-corrected chi connectivity index (χ3v) is 3.26. The van der Waals surface area contributed by atoms with Gasteiger partial charge < -0.3 is 14.8 Å². The highest BCUT2D eigenvalue weighted by Crippen LogP contribution is 2.32. The summed E-state index contributed by atoms with van der Waals surface area (Å²) >= 11 is 0. The molecule has 3 rings (SSSR count). The fourth-order valence-corrected chi connectivity index (χ4v) is 2.32. The molecule has 6 nitrogen and oxygen atoms in total. The van der Waals surface area contributed by atoms with Gasteiger partial charge in [-0.1, -0.05) is 13.0 Å². The molecule has 6 heteroatoms. The summed E-state index contributed by atoms with van der Waals surface area (Å²) in [7, 11) is 0. The highest BCUT2D eigenvalue weighted by Gasteiger charge is 2.17. The average Bonchev–Trinajstić information content (AvgIpc) is 2.99. The largest absolute Gasteiger partial charge is 0.486 e. The van der Waals surface area contributed by atoms with Crippen LogP contribution in [0.1, 0.15) is 18.5 Å². The summed E-state index contributed by atoms with van der Waals surface area (Å²) in [5.41, 5.74) is 1.16. The second kappa shape index (κ2) is 5.92. The fourth-order valence-electron chi connectivity index (χ4n) is 2.32. The first-order chi connectivity index (χ1) is 9.86. The van der Waals surface area contributed by atoms with Crippen molar-refractivity contribution >= 4 is 0 Å². The van der Waals surface area contributed by atoms with Gasteiger partial charge in [0.1, 0.15) is 25.9 Å². The molecule has 1 aromatic heterocycles. The molecular weight excluding hydrogens is 256 g/mol. The summed E-state index contributed by atoms with van der Waals surface area (Å²) in [4.78, 5) is 3.98. The van der Waals surface area contributed by atoms with Crippen LogP contribution in [0.3, 0.4) is 0 Å². The maximum Gasteiger partial charge on any atom is 0.161 e. The number of rotatable bonds is 5. The Bertz CT molecular complexity index is 556. The van der Waals surface area contributed by atoms with Gasteiger partial charge in [0.2, 0.25) is 0 Å². The van der Waals surface area contributed by atoms with Crippen LogP contribution in [0.5, 0.6) is 11.5 Å². The molecule has 1 unspecified atom stereocenters. The highest BCUT2D eigenvalue weighted by molar-refractivity contribution is 5.44. The molecule has 0 saturated heterocycles. The molecule has 2 heterocycles. The fraction of sp³-hybridized carbons (Fsp3) is 0.429. The van der Waals surface area contributed by atoms with Crippen molar-refractivity contribution in [1.82, 2.24) is 20.1 Å². The van der Waals surface area contributed by atoms with E-state index < -0.39 is 0 Å². The number of hydrogen-bond donors (Lipinski definition) is 1. The van der Waals surface area contributed by atoms with Gasteiger partial charge in [0.15, 0.2) is 11.5 Å². The van der Waals surface area contributed by atoms with Gasteiger partial charge in [0, 0.05) is 0 Å². The molecule has 1 aromatic carbocycles. The normalized spacial score (nSPS) is 15.1. The Hall–Kier alpha value is -2.08. The van der Waals surface area contributed by atoms with Crippen LogP contribution in [0.25, 0.3) is 0 Å². The molecule has 0 aliphatic carbocycles. The zero-order chi connectivity index (χ0) is 13.8. The first kappa shape index (κ1) is 12.9. The minimum Gasteiger partial charge on any atom is -0.486 e. The van der Waals surface area contributed by atoms with Crippen LogP contribution >= 0.6 is 0 Å². The van der Waals surface area contributed by atoms with Crippen LogP contribution in [0.2, 0.25) is 0 Å². The number of nitrogens with zero attached hydrogens (tertiary/aromatic N) is 3. The first-order valence-corrected chi connectivity index (χ1v) is 6.82. The van der Waals surface area contributed by atoms with Crippen molar-refractivity contribution in [1.29, 1.82) is 0 Å². The monoisotopic (exact) mass is 274 g/mol. The Morgan fingerprint density at radius 1 is 1.30 bits per heavy atom. The third kappa shape index (κ3) is 2.75. The van der Waals surface area contributed by atoms with Gasteiger partial charge >= 0.3 is 0 Å². The summed E-state index contributed by atoms with van der Waals surface area (Å²) < 4.78 is 13.0. The number of ether oxygens (including phenoxy) is 2. The maximum absolute atomic E-state index is 5.64. The molecule has 2 aromatic rings. The molecule has 0 bridgehead atoms. The van der Waals surface area contributed by atoms with E-state index in [2.05, 4.69) is 28.4 Å². The Balaban J connectivity index is 1.83. The third-order valence-electron chi connectivity index (χ3n) is 3.26. The molecule has 106 valence electrons. The van der Waals surface area contributed by atoms with E-state index in [1.165, 1.54) is 0 Å². The number of hydrogen-bond acceptors (Lipinski definition) is 5. The van der Waals surface area contributed by atoms with E-state index in [-0.39, 0.29) is 6.04 Å². The van der Waals surface area contributed by atoms with Crippen LogP contribution in [-0.2, 0) is 6.54 Å². The van der Waals surface area contributed by atoms with Crippen molar-refractivity contribution in [3.8, 4) is 11.5 Å². The van der Waals surface area contributed by atoms with Crippen LogP contribution in [0.15, 0.2) is 30.9 Å². The zero-order valence-corrected chi connectivity index (χ0v) is 11.5. The van der Waals surface area contributed by atoms with Crippen molar-refractivity contribution in [2.24, 2.45) is 0 Å². The first-order valence-electron chi connectivity index (χ1n) is 6.82. The lowest BCUT2D eigenvalue weighted by molar-refractivity contribution is 0.171. The number of benzene rings is 1. The van der Waals surface area contributed by atoms with Crippen LogP contribution < -0.4 is 14.8 Å². The van der Waals surface area contributed by atoms with Gasteiger partial charge in [-0.05, 0) is 24.2 Å². The molecule has 0 spiro atoms. The molecule has 1 aliphatic heterocycles. The average molecular weight is 274 g/mol. The lowest BCUT2D eigenvalue weighted by atomic mass is 10.1. The SMILES string of the molecule is CCNC(Cn1cncn1)c1ccc2c(c1)OCCO2. The minimum absolute atomic E-state index is 0.164. The standard InChI is InChI=1S/C14H18N4O2/c1-2-16-12(8-18-10-15-9-17-18)11-3-4-13-14(7-11)20-6-5-19-13/h3-4,7,9-10,12,16H,2,5-6,8H2,1H3. The van der Waals surface area contributed by atoms with E-state index in [0.29, 0.717) is 13.2 Å². The predicted octanol–water partition coefficient (Wildman–Crippen LogP) is 1.40. The second-order valence-corrected chi connectivity index (χ2v) is 4.63. The van der Waals surface area contributed by atoms with Gasteiger partial charge in [0.25, 0.3) is 0 Å². The molecule has 0 fully saturated rings. The van der Waals surface area contributed by atoms with E-state index in [1.807, 2.05) is 16.8 Å². The summed E-state index contributed by atoms with van der Waals surface area (Å²) in [6, 6.07) is 6.24. The molecule has 0 amide bonds. The van der Waals surface area contributed by atoms with Crippen LogP contribution in [0.4, 0.5) is 0 Å². The summed E-state index contributed by atoms with van der Waals surface area (Å²) in [6.45, 7) is 4.92. The summed E-state index contributed by atoms with van der Waals surface area (Å²) in [5, 5.41) is 7.62. The minimum atomic E-state index is 0.164. The Labute approximate surface area is 117 Å². The van der Waals surface area contributed by atoms with Crippen LogP contribution in [0, 0.1) is 0 Å². The van der Waals surface area contributed by atoms with Crippen molar-refractivity contribution < 1.29 is 9.47 Å². The van der Waals surface area contributed by atoms with Gasteiger partial charge in [0.05, 0.1) is 12.6 Å². The predicted molar refractivity (Wildman–Crippen MR) is 73.9 cm³/mol. The molecule has 0 saturated carbocycles. The molecule has 0 radical (unpaired) electrons. The molecular formula is C14H18N4O2. The quantitative estimate of drug-likeness (QED) is 0.893. The Morgan fingerprint density at radius 3 is 2.90 bits per heavy atom. The molecule has 20 heavy (non-hydrogen) atoms. The Morgan fingerprint density at radius 2 is 2.15 bits per heavy atom. The highest BCUT2D eigenvalue weighted by atomic mass is 16.6. The van der Waals surface area contributed by atoms with Crippen LogP contribution in [-0.4, -0.2) is 34.5 Å². The Kier molecular flexibility index (Phi) is 3.83. The van der Waals surface area contributed by atoms with E-state index >= 15 is 0 Å². The van der Waals surface area contributed by atoms with Crippen molar-refractivity contribution in [2.45, 2.75) is 19.5 Å². The van der Waals surface area contributed by atoms with Crippen molar-refractivity contribution in [3.63, 3.8) is 0 Å². The summed E-state index contributed by atoms with van der Waals surface area (Å²) in [5.74, 6) is 1.63. The van der Waals surface area contributed by atoms with E-state index in [4.69, 9.17) is 9.47 Å². The van der Waals surface area contributed by atoms with Crippen molar-refractivity contribution in [2.75, 3.05) is 19.8 Å². The number of nitrogens with one attached hydrogen (secondary N) is 1. The van der Waals surface area contributed by atoms with E-state index in [9.17, 15) is 0 Å². The molecule has 1 atom stereocenters. The zero-order valence-electron chi connectivity index (χ0n) is 11.5. The summed E-state index contributed by atoms with van der Waals surface area (Å²) in [6.07, 6.45) is 3.27.